The van der Waals surface area contributed by atoms with E-state index in [0.717, 1.165) is 0 Å². The molecular formula is C4H7NOS. The summed E-state index contributed by atoms with van der Waals surface area (Å²) in [5.74, 6) is 0. The van der Waals surface area contributed by atoms with Gasteiger partial charge in [0.1, 0.15) is 0 Å². The maximum absolute atomic E-state index is 8.03. The molecule has 2 nitrogen and oxygen atoms in total. The SMILES string of the molecule is C/C=C/N=CSO. The van der Waals surface area contributed by atoms with E-state index >= 15 is 0 Å². The Kier molecular flexibility index (Phi) is 5.49. The van der Waals surface area contributed by atoms with Gasteiger partial charge in [0.15, 0.2) is 0 Å². The molecule has 0 aliphatic rings. The molecule has 0 aromatic heterocycles. The van der Waals surface area contributed by atoms with Crippen molar-refractivity contribution in [3.8, 4) is 0 Å². The summed E-state index contributed by atoms with van der Waals surface area (Å²) in [5.41, 5.74) is 1.35. The van der Waals surface area contributed by atoms with Crippen molar-refractivity contribution in [2.45, 2.75) is 6.92 Å². The zero-order valence-corrected chi connectivity index (χ0v) is 4.85. The lowest BCUT2D eigenvalue weighted by molar-refractivity contribution is 0.674. The molecule has 0 aliphatic carbocycles. The minimum atomic E-state index is 0.599. The minimum Gasteiger partial charge on any atom is -0.325 e. The molecule has 0 aliphatic heterocycles. The monoisotopic (exact) mass is 117 g/mol. The van der Waals surface area contributed by atoms with E-state index < -0.39 is 0 Å². The van der Waals surface area contributed by atoms with Gasteiger partial charge in [-0.05, 0) is 6.92 Å². The molecule has 0 amide bonds. The quantitative estimate of drug-likeness (QED) is 0.339. The van der Waals surface area contributed by atoms with Gasteiger partial charge in [-0.2, -0.15) is 0 Å². The molecule has 0 heterocycles. The largest absolute Gasteiger partial charge is 0.325 e. The lowest BCUT2D eigenvalue weighted by Gasteiger charge is -1.70. The summed E-state index contributed by atoms with van der Waals surface area (Å²) in [5, 5.41) is 0. The molecule has 0 radical (unpaired) electrons. The summed E-state index contributed by atoms with van der Waals surface area (Å²) < 4.78 is 8.03. The van der Waals surface area contributed by atoms with Gasteiger partial charge in [-0.3, -0.25) is 4.99 Å². The molecular weight excluding hydrogens is 110 g/mol. The van der Waals surface area contributed by atoms with Crippen molar-refractivity contribution >= 4 is 17.6 Å². The van der Waals surface area contributed by atoms with E-state index in [1.165, 1.54) is 5.55 Å². The number of rotatable bonds is 2. The van der Waals surface area contributed by atoms with Crippen LogP contribution in [0.15, 0.2) is 17.3 Å². The highest BCUT2D eigenvalue weighted by Crippen LogP contribution is 1.82. The van der Waals surface area contributed by atoms with Crippen LogP contribution in [0.5, 0.6) is 0 Å². The van der Waals surface area contributed by atoms with Crippen molar-refractivity contribution in [2.24, 2.45) is 4.99 Å². The predicted octanol–water partition coefficient (Wildman–Crippen LogP) is 1.75. The molecule has 0 spiro atoms. The maximum atomic E-state index is 8.03. The minimum absolute atomic E-state index is 0.599. The van der Waals surface area contributed by atoms with Gasteiger partial charge in [-0.1, -0.05) is 6.08 Å². The first kappa shape index (κ1) is 6.72. The molecule has 0 aromatic carbocycles. The lowest BCUT2D eigenvalue weighted by atomic mass is 10.7. The third kappa shape index (κ3) is 5.72. The number of nitrogens with zero attached hydrogens (tertiary/aromatic N) is 1. The summed E-state index contributed by atoms with van der Waals surface area (Å²) in [4.78, 5) is 3.62. The summed E-state index contributed by atoms with van der Waals surface area (Å²) >= 11 is 0.599. The molecule has 0 fully saturated rings. The summed E-state index contributed by atoms with van der Waals surface area (Å²) in [7, 11) is 0. The Labute approximate surface area is 47.2 Å². The number of hydrogen-bond acceptors (Lipinski definition) is 3. The Morgan fingerprint density at radius 1 is 1.71 bits per heavy atom. The fourth-order valence-corrected chi connectivity index (χ4v) is 0.273. The number of aliphatic imine (C=N–C) groups is 1. The second kappa shape index (κ2) is 5.72. The van der Waals surface area contributed by atoms with E-state index in [1.54, 1.807) is 12.3 Å². The van der Waals surface area contributed by atoms with Crippen molar-refractivity contribution in [3.63, 3.8) is 0 Å². The maximum Gasteiger partial charge on any atom is 0.0871 e. The molecule has 1 N–H and O–H groups in total. The summed E-state index contributed by atoms with van der Waals surface area (Å²) in [6.45, 7) is 1.86. The van der Waals surface area contributed by atoms with E-state index in [0.29, 0.717) is 12.0 Å². The van der Waals surface area contributed by atoms with E-state index in [-0.39, 0.29) is 0 Å². The molecule has 0 saturated carbocycles. The molecule has 0 atom stereocenters. The first-order valence-corrected chi connectivity index (χ1v) is 2.68. The van der Waals surface area contributed by atoms with Crippen LogP contribution in [0.1, 0.15) is 6.92 Å². The average molecular weight is 117 g/mol. The highest BCUT2D eigenvalue weighted by atomic mass is 32.2. The summed E-state index contributed by atoms with van der Waals surface area (Å²) in [6, 6.07) is 0. The van der Waals surface area contributed by atoms with Crippen molar-refractivity contribution in [1.82, 2.24) is 0 Å². The van der Waals surface area contributed by atoms with Gasteiger partial charge in [-0.25, -0.2) is 0 Å². The Morgan fingerprint density at radius 2 is 2.43 bits per heavy atom. The van der Waals surface area contributed by atoms with E-state index in [9.17, 15) is 0 Å². The van der Waals surface area contributed by atoms with E-state index in [4.69, 9.17) is 4.55 Å². The Balaban J connectivity index is 3.09. The van der Waals surface area contributed by atoms with E-state index in [1.807, 2.05) is 6.92 Å². The molecule has 0 rings (SSSR count). The van der Waals surface area contributed by atoms with Crippen LogP contribution < -0.4 is 0 Å². The molecule has 40 valence electrons. The summed E-state index contributed by atoms with van der Waals surface area (Å²) in [6.07, 6.45) is 3.38. The topological polar surface area (TPSA) is 32.6 Å². The van der Waals surface area contributed by atoms with Crippen LogP contribution >= 0.6 is 12.0 Å². The molecule has 0 bridgehead atoms. The highest BCUT2D eigenvalue weighted by Gasteiger charge is 1.60. The molecule has 7 heavy (non-hydrogen) atoms. The van der Waals surface area contributed by atoms with Crippen LogP contribution in [0.25, 0.3) is 0 Å². The molecule has 0 unspecified atom stereocenters. The Bertz CT molecular complexity index is 79.8. The van der Waals surface area contributed by atoms with Crippen molar-refractivity contribution in [3.05, 3.63) is 12.3 Å². The normalized spacial score (nSPS) is 11.7. The van der Waals surface area contributed by atoms with Gasteiger partial charge < -0.3 is 4.55 Å². The first-order chi connectivity index (χ1) is 3.41. The fraction of sp³-hybridized carbons (Fsp3) is 0.250. The van der Waals surface area contributed by atoms with Gasteiger partial charge in [0.2, 0.25) is 0 Å². The van der Waals surface area contributed by atoms with Crippen LogP contribution in [-0.4, -0.2) is 10.1 Å². The van der Waals surface area contributed by atoms with Crippen LogP contribution in [0.2, 0.25) is 0 Å². The lowest BCUT2D eigenvalue weighted by Crippen LogP contribution is -1.54. The predicted molar refractivity (Wildman–Crippen MR) is 33.5 cm³/mol. The fourth-order valence-electron chi connectivity index (χ4n) is 0.148. The number of hydrogen-bond donors (Lipinski definition) is 1. The Morgan fingerprint density at radius 3 is 2.86 bits per heavy atom. The van der Waals surface area contributed by atoms with Gasteiger partial charge in [-0.15, -0.1) is 0 Å². The first-order valence-electron chi connectivity index (χ1n) is 1.85. The van der Waals surface area contributed by atoms with Gasteiger partial charge in [0, 0.05) is 18.2 Å². The molecule has 0 saturated heterocycles. The van der Waals surface area contributed by atoms with Crippen molar-refractivity contribution in [2.75, 3.05) is 0 Å². The van der Waals surface area contributed by atoms with Crippen molar-refractivity contribution < 1.29 is 4.55 Å². The van der Waals surface area contributed by atoms with Crippen LogP contribution in [0.4, 0.5) is 0 Å². The third-order valence-corrected chi connectivity index (χ3v) is 0.559. The second-order valence-electron chi connectivity index (χ2n) is 0.842. The highest BCUT2D eigenvalue weighted by molar-refractivity contribution is 8.07. The van der Waals surface area contributed by atoms with Crippen LogP contribution in [0, 0.1) is 0 Å². The molecule has 0 aromatic rings. The molecule has 3 heteroatoms. The average Bonchev–Trinajstić information content (AvgIpc) is 1.69. The van der Waals surface area contributed by atoms with Crippen molar-refractivity contribution in [1.29, 1.82) is 0 Å². The second-order valence-corrected chi connectivity index (χ2v) is 1.26. The standard InChI is InChI=1S/C4H7NOS/c1-2-3-5-4-7-6/h2-4,6H,1H3/b3-2+,5-4?. The Hall–Kier alpha value is -0.280. The zero-order chi connectivity index (χ0) is 5.54. The van der Waals surface area contributed by atoms with Crippen LogP contribution in [0.3, 0.4) is 0 Å². The van der Waals surface area contributed by atoms with Gasteiger partial charge in [0.25, 0.3) is 0 Å². The third-order valence-electron chi connectivity index (χ3n) is 0.343. The zero-order valence-electron chi connectivity index (χ0n) is 4.03. The van der Waals surface area contributed by atoms with E-state index in [2.05, 4.69) is 4.99 Å². The smallest absolute Gasteiger partial charge is 0.0871 e. The van der Waals surface area contributed by atoms with Crippen LogP contribution in [-0.2, 0) is 0 Å². The van der Waals surface area contributed by atoms with Gasteiger partial charge in [0.05, 0.1) is 5.55 Å². The number of allylic oxidation sites excluding steroid dienone is 1. The van der Waals surface area contributed by atoms with Gasteiger partial charge >= 0.3 is 0 Å².